The average Bonchev–Trinajstić information content (AvgIpc) is 2.67. The molecule has 5 nitrogen and oxygen atoms in total. The molecular weight excluding hydrogens is 449 g/mol. The highest BCUT2D eigenvalue weighted by atomic mass is 127. The van der Waals surface area contributed by atoms with Crippen molar-refractivity contribution in [2.24, 2.45) is 4.99 Å². The summed E-state index contributed by atoms with van der Waals surface area (Å²) >= 11 is 0. The molecule has 154 valence electrons. The fraction of sp³-hybridized carbons (Fsp3) is 0.667. The summed E-state index contributed by atoms with van der Waals surface area (Å²) in [4.78, 5) is 9.32. The van der Waals surface area contributed by atoms with Gasteiger partial charge < -0.3 is 15.5 Å². The second-order valence-electron chi connectivity index (χ2n) is 7.34. The summed E-state index contributed by atoms with van der Waals surface area (Å²) in [6.07, 6.45) is 4.86. The number of halogens is 1. The second kappa shape index (κ2) is 14.2. The van der Waals surface area contributed by atoms with Crippen molar-refractivity contribution in [1.82, 2.24) is 20.4 Å². The van der Waals surface area contributed by atoms with Gasteiger partial charge in [0.2, 0.25) is 0 Å². The normalized spacial score (nSPS) is 16.2. The van der Waals surface area contributed by atoms with E-state index in [0.717, 1.165) is 38.7 Å². The average molecular weight is 487 g/mol. The van der Waals surface area contributed by atoms with Crippen LogP contribution in [0, 0.1) is 0 Å². The molecule has 0 radical (unpaired) electrons. The van der Waals surface area contributed by atoms with Crippen LogP contribution >= 0.6 is 24.0 Å². The second-order valence-corrected chi connectivity index (χ2v) is 7.34. The Balaban J connectivity index is 0.00000364. The molecule has 0 atom stereocenters. The predicted octanol–water partition coefficient (Wildman–Crippen LogP) is 3.17. The molecule has 1 aromatic carbocycles. The van der Waals surface area contributed by atoms with Gasteiger partial charge >= 0.3 is 0 Å². The predicted molar refractivity (Wildman–Crippen MR) is 127 cm³/mol. The van der Waals surface area contributed by atoms with Crippen LogP contribution in [-0.2, 0) is 6.54 Å². The lowest BCUT2D eigenvalue weighted by Crippen LogP contribution is -2.49. The lowest BCUT2D eigenvalue weighted by molar-refractivity contribution is 0.198. The fourth-order valence-corrected chi connectivity index (χ4v) is 3.37. The molecule has 1 saturated heterocycles. The minimum atomic E-state index is 0. The number of nitrogens with one attached hydrogen (secondary N) is 2. The highest BCUT2D eigenvalue weighted by Crippen LogP contribution is 2.13. The summed E-state index contributed by atoms with van der Waals surface area (Å²) in [7, 11) is 4.05. The van der Waals surface area contributed by atoms with Crippen LogP contribution in [0.25, 0.3) is 0 Å². The van der Waals surface area contributed by atoms with Gasteiger partial charge in [-0.2, -0.15) is 0 Å². The molecule has 0 aliphatic carbocycles. The molecule has 2 rings (SSSR count). The van der Waals surface area contributed by atoms with Crippen LogP contribution in [0.4, 0.5) is 0 Å². The van der Waals surface area contributed by atoms with Crippen molar-refractivity contribution in [2.45, 2.75) is 45.2 Å². The van der Waals surface area contributed by atoms with Crippen LogP contribution in [0.3, 0.4) is 0 Å². The summed E-state index contributed by atoms with van der Waals surface area (Å²) in [5, 5.41) is 7.06. The number of guanidine groups is 1. The summed E-state index contributed by atoms with van der Waals surface area (Å²) < 4.78 is 0. The zero-order valence-corrected chi connectivity index (χ0v) is 19.6. The molecule has 1 heterocycles. The van der Waals surface area contributed by atoms with Crippen LogP contribution < -0.4 is 10.6 Å². The number of rotatable bonds is 9. The highest BCUT2D eigenvalue weighted by Gasteiger charge is 2.19. The third-order valence-electron chi connectivity index (χ3n) is 5.08. The van der Waals surface area contributed by atoms with Gasteiger partial charge in [0.25, 0.3) is 0 Å². The van der Waals surface area contributed by atoms with Crippen molar-refractivity contribution in [1.29, 1.82) is 0 Å². The summed E-state index contributed by atoms with van der Waals surface area (Å²) in [5.74, 6) is 0.940. The molecule has 27 heavy (non-hydrogen) atoms. The van der Waals surface area contributed by atoms with Gasteiger partial charge in [-0.1, -0.05) is 43.7 Å². The summed E-state index contributed by atoms with van der Waals surface area (Å²) in [6.45, 7) is 8.74. The van der Waals surface area contributed by atoms with E-state index < -0.39 is 0 Å². The summed E-state index contributed by atoms with van der Waals surface area (Å²) in [6, 6.07) is 11.3. The molecule has 6 heteroatoms. The van der Waals surface area contributed by atoms with Crippen molar-refractivity contribution in [2.75, 3.05) is 46.8 Å². The number of likely N-dealkylation sites (tertiary alicyclic amines) is 1. The Kier molecular flexibility index (Phi) is 12.7. The lowest BCUT2D eigenvalue weighted by atomic mass is 10.0. The molecular formula is C21H38IN5. The van der Waals surface area contributed by atoms with Crippen molar-refractivity contribution >= 4 is 29.9 Å². The van der Waals surface area contributed by atoms with E-state index in [1.165, 1.54) is 37.8 Å². The first kappa shape index (κ1) is 24.2. The van der Waals surface area contributed by atoms with Crippen LogP contribution in [0.15, 0.2) is 35.3 Å². The Morgan fingerprint density at radius 3 is 2.52 bits per heavy atom. The van der Waals surface area contributed by atoms with Crippen molar-refractivity contribution in [3.63, 3.8) is 0 Å². The van der Waals surface area contributed by atoms with E-state index in [-0.39, 0.29) is 24.0 Å². The van der Waals surface area contributed by atoms with Gasteiger partial charge in [-0.05, 0) is 38.4 Å². The molecule has 1 aliphatic rings. The van der Waals surface area contributed by atoms with E-state index in [1.807, 2.05) is 7.05 Å². The molecule has 0 amide bonds. The SMILES string of the molecule is CCCCN(C)CCNC(=NC)NC1CCN(Cc2ccccc2)CC1.I. The Morgan fingerprint density at radius 1 is 1.19 bits per heavy atom. The third-order valence-corrected chi connectivity index (χ3v) is 5.08. The highest BCUT2D eigenvalue weighted by molar-refractivity contribution is 14.0. The van der Waals surface area contributed by atoms with Gasteiger partial charge in [0.05, 0.1) is 0 Å². The van der Waals surface area contributed by atoms with E-state index in [9.17, 15) is 0 Å². The number of likely N-dealkylation sites (N-methyl/N-ethyl adjacent to an activating group) is 1. The maximum atomic E-state index is 4.39. The first-order valence-electron chi connectivity index (χ1n) is 10.1. The number of hydrogen-bond acceptors (Lipinski definition) is 3. The monoisotopic (exact) mass is 487 g/mol. The first-order valence-corrected chi connectivity index (χ1v) is 10.1. The van der Waals surface area contributed by atoms with Crippen LogP contribution in [0.5, 0.6) is 0 Å². The van der Waals surface area contributed by atoms with Gasteiger partial charge in [-0.25, -0.2) is 0 Å². The van der Waals surface area contributed by atoms with Gasteiger partial charge in [0.1, 0.15) is 0 Å². The molecule has 0 aromatic heterocycles. The van der Waals surface area contributed by atoms with Gasteiger partial charge in [0, 0.05) is 45.8 Å². The molecule has 0 spiro atoms. The largest absolute Gasteiger partial charge is 0.355 e. The van der Waals surface area contributed by atoms with E-state index >= 15 is 0 Å². The van der Waals surface area contributed by atoms with Gasteiger partial charge in [-0.3, -0.25) is 9.89 Å². The lowest BCUT2D eigenvalue weighted by Gasteiger charge is -2.33. The topological polar surface area (TPSA) is 42.9 Å². The smallest absolute Gasteiger partial charge is 0.191 e. The number of benzene rings is 1. The fourth-order valence-electron chi connectivity index (χ4n) is 3.37. The molecule has 0 unspecified atom stereocenters. The number of hydrogen-bond donors (Lipinski definition) is 2. The number of nitrogens with zero attached hydrogens (tertiary/aromatic N) is 3. The zero-order valence-electron chi connectivity index (χ0n) is 17.3. The Labute approximate surface area is 183 Å². The zero-order chi connectivity index (χ0) is 18.6. The standard InChI is InChI=1S/C21H37N5.HI/c1-4-5-14-25(3)17-13-23-21(22-2)24-20-11-15-26(16-12-20)18-19-9-7-6-8-10-19;/h6-10,20H,4-5,11-18H2,1-3H3,(H2,22,23,24);1H. The van der Waals surface area contributed by atoms with E-state index in [1.54, 1.807) is 0 Å². The quantitative estimate of drug-likeness (QED) is 0.319. The maximum Gasteiger partial charge on any atom is 0.191 e. The van der Waals surface area contributed by atoms with E-state index in [4.69, 9.17) is 0 Å². The molecule has 1 aliphatic heterocycles. The van der Waals surface area contributed by atoms with E-state index in [2.05, 4.69) is 69.7 Å². The number of piperidine rings is 1. The Hall–Kier alpha value is -0.860. The maximum absolute atomic E-state index is 4.39. The van der Waals surface area contributed by atoms with Crippen molar-refractivity contribution in [3.8, 4) is 0 Å². The minimum absolute atomic E-state index is 0. The molecule has 0 saturated carbocycles. The Bertz CT molecular complexity index is 515. The third kappa shape index (κ3) is 9.76. The molecule has 2 N–H and O–H groups in total. The minimum Gasteiger partial charge on any atom is -0.355 e. The molecule has 0 bridgehead atoms. The van der Waals surface area contributed by atoms with Crippen molar-refractivity contribution < 1.29 is 0 Å². The first-order chi connectivity index (χ1) is 12.7. The van der Waals surface area contributed by atoms with Gasteiger partial charge in [-0.15, -0.1) is 24.0 Å². The number of unbranched alkanes of at least 4 members (excludes halogenated alkanes) is 1. The molecule has 1 aromatic rings. The Morgan fingerprint density at radius 2 is 1.89 bits per heavy atom. The number of aliphatic imine (C=N–C) groups is 1. The van der Waals surface area contributed by atoms with Crippen LogP contribution in [0.2, 0.25) is 0 Å². The van der Waals surface area contributed by atoms with E-state index in [0.29, 0.717) is 6.04 Å². The van der Waals surface area contributed by atoms with Crippen molar-refractivity contribution in [3.05, 3.63) is 35.9 Å². The summed E-state index contributed by atoms with van der Waals surface area (Å²) in [5.41, 5.74) is 1.41. The van der Waals surface area contributed by atoms with Crippen LogP contribution in [-0.4, -0.2) is 68.6 Å². The van der Waals surface area contributed by atoms with Gasteiger partial charge in [0.15, 0.2) is 5.96 Å². The molecule has 1 fully saturated rings. The van der Waals surface area contributed by atoms with Crippen LogP contribution in [0.1, 0.15) is 38.2 Å².